The molecule has 0 aromatic rings. The fourth-order valence-corrected chi connectivity index (χ4v) is 4.02. The molecule has 220 valence electrons. The lowest BCUT2D eigenvalue weighted by molar-refractivity contribution is -0.166. The summed E-state index contributed by atoms with van der Waals surface area (Å²) in [5, 5.41) is 0. The van der Waals surface area contributed by atoms with Gasteiger partial charge in [0.25, 0.3) is 10.1 Å². The molecule has 37 heavy (non-hydrogen) atoms. The van der Waals surface area contributed by atoms with E-state index in [0.717, 1.165) is 25.7 Å². The molecule has 10 heteroatoms. The average Bonchev–Trinajstić information content (AvgIpc) is 2.85. The molecule has 1 atom stereocenters. The van der Waals surface area contributed by atoms with E-state index in [1.807, 2.05) is 6.92 Å². The molecule has 1 N–H and O–H groups in total. The standard InChI is InChI=1S/C27H52O9S/c1-3-5-7-8-9-10-11-12-13-14-15-16-17-19-26(28)35-23-25(36-27(29)18-6-4-2)22-34-24-33-20-21-37(30,31)32/h25H,3-24H2,1-2H3,(H,30,31,32)/t25-/m0/s1. The fraction of sp³-hybridized carbons (Fsp3) is 0.926. The van der Waals surface area contributed by atoms with Crippen LogP contribution in [0.1, 0.15) is 123 Å². The van der Waals surface area contributed by atoms with Crippen LogP contribution in [0.3, 0.4) is 0 Å². The van der Waals surface area contributed by atoms with Crippen molar-refractivity contribution >= 4 is 22.1 Å². The van der Waals surface area contributed by atoms with E-state index >= 15 is 0 Å². The van der Waals surface area contributed by atoms with Crippen molar-refractivity contribution in [2.24, 2.45) is 0 Å². The van der Waals surface area contributed by atoms with Gasteiger partial charge in [0.1, 0.15) is 13.4 Å². The van der Waals surface area contributed by atoms with Gasteiger partial charge < -0.3 is 18.9 Å². The van der Waals surface area contributed by atoms with E-state index in [1.54, 1.807) is 0 Å². The third-order valence-corrected chi connectivity index (χ3v) is 6.59. The Hall–Kier alpha value is -1.23. The van der Waals surface area contributed by atoms with Gasteiger partial charge in [0, 0.05) is 12.8 Å². The first-order chi connectivity index (χ1) is 17.8. The van der Waals surface area contributed by atoms with E-state index in [0.29, 0.717) is 12.8 Å². The van der Waals surface area contributed by atoms with Gasteiger partial charge in [-0.3, -0.25) is 14.1 Å². The van der Waals surface area contributed by atoms with Gasteiger partial charge in [0.15, 0.2) is 6.10 Å². The topological polar surface area (TPSA) is 125 Å². The van der Waals surface area contributed by atoms with Gasteiger partial charge in [0.05, 0.1) is 19.0 Å². The number of carbonyl (C=O) groups excluding carboxylic acids is 2. The van der Waals surface area contributed by atoms with Gasteiger partial charge in [0.2, 0.25) is 0 Å². The number of unbranched alkanes of at least 4 members (excludes halogenated alkanes) is 13. The van der Waals surface area contributed by atoms with Crippen molar-refractivity contribution in [1.29, 1.82) is 0 Å². The maximum Gasteiger partial charge on any atom is 0.306 e. The van der Waals surface area contributed by atoms with Crippen molar-refractivity contribution < 1.29 is 41.5 Å². The van der Waals surface area contributed by atoms with Crippen LogP contribution in [0.25, 0.3) is 0 Å². The third kappa shape index (κ3) is 27.6. The number of ether oxygens (including phenoxy) is 4. The summed E-state index contributed by atoms with van der Waals surface area (Å²) in [6, 6.07) is 0. The Bertz CT molecular complexity index is 652. The summed E-state index contributed by atoms with van der Waals surface area (Å²) in [6.07, 6.45) is 17.4. The highest BCUT2D eigenvalue weighted by Gasteiger charge is 2.17. The smallest absolute Gasteiger partial charge is 0.306 e. The predicted octanol–water partition coefficient (Wildman–Crippen LogP) is 5.99. The van der Waals surface area contributed by atoms with Gasteiger partial charge in [-0.1, -0.05) is 97.3 Å². The molecule has 9 nitrogen and oxygen atoms in total. The summed E-state index contributed by atoms with van der Waals surface area (Å²) in [4.78, 5) is 24.1. The number of rotatable bonds is 27. The van der Waals surface area contributed by atoms with Crippen LogP contribution in [0.5, 0.6) is 0 Å². The first-order valence-corrected chi connectivity index (χ1v) is 15.8. The number of hydrogen-bond acceptors (Lipinski definition) is 8. The average molecular weight is 553 g/mol. The summed E-state index contributed by atoms with van der Waals surface area (Å²) < 4.78 is 50.9. The first-order valence-electron chi connectivity index (χ1n) is 14.2. The SMILES string of the molecule is CCCCCCCCCCCCCCCC(=O)OC[C@H](COCOCCS(=O)(=O)O)OC(=O)CCCC. The van der Waals surface area contributed by atoms with Crippen molar-refractivity contribution in [2.45, 2.75) is 129 Å². The molecule has 0 aliphatic rings. The van der Waals surface area contributed by atoms with Crippen LogP contribution < -0.4 is 0 Å². The molecular formula is C27H52O9S. The second-order valence-corrected chi connectivity index (χ2v) is 11.1. The Balaban J connectivity index is 3.96. The monoisotopic (exact) mass is 552 g/mol. The molecule has 0 saturated carbocycles. The van der Waals surface area contributed by atoms with Crippen LogP contribution >= 0.6 is 0 Å². The zero-order valence-corrected chi connectivity index (χ0v) is 24.1. The Morgan fingerprint density at radius 3 is 1.73 bits per heavy atom. The molecule has 0 amide bonds. The molecule has 0 rings (SSSR count). The van der Waals surface area contributed by atoms with E-state index in [4.69, 9.17) is 23.5 Å². The minimum absolute atomic E-state index is 0.0598. The third-order valence-electron chi connectivity index (χ3n) is 5.90. The lowest BCUT2D eigenvalue weighted by Crippen LogP contribution is -2.30. The summed E-state index contributed by atoms with van der Waals surface area (Å²) in [5.74, 6) is -1.26. The highest BCUT2D eigenvalue weighted by molar-refractivity contribution is 7.85. The minimum Gasteiger partial charge on any atom is -0.462 e. The quantitative estimate of drug-likeness (QED) is 0.0566. The Morgan fingerprint density at radius 2 is 1.19 bits per heavy atom. The van der Waals surface area contributed by atoms with Crippen molar-refractivity contribution in [3.05, 3.63) is 0 Å². The van der Waals surface area contributed by atoms with Crippen LogP contribution in [-0.2, 0) is 38.7 Å². The summed E-state index contributed by atoms with van der Waals surface area (Å²) >= 11 is 0. The van der Waals surface area contributed by atoms with Crippen molar-refractivity contribution in [3.63, 3.8) is 0 Å². The van der Waals surface area contributed by atoms with E-state index < -0.39 is 27.9 Å². The maximum absolute atomic E-state index is 12.1. The fourth-order valence-electron chi connectivity index (χ4n) is 3.69. The normalized spacial score (nSPS) is 12.4. The highest BCUT2D eigenvalue weighted by atomic mass is 32.2. The lowest BCUT2D eigenvalue weighted by Gasteiger charge is -2.18. The van der Waals surface area contributed by atoms with E-state index in [1.165, 1.54) is 64.2 Å². The van der Waals surface area contributed by atoms with Gasteiger partial charge in [-0.05, 0) is 12.8 Å². The second-order valence-electron chi connectivity index (χ2n) is 9.57. The van der Waals surface area contributed by atoms with Crippen LogP contribution in [0, 0.1) is 0 Å². The summed E-state index contributed by atoms with van der Waals surface area (Å²) in [7, 11) is -4.10. The van der Waals surface area contributed by atoms with Crippen LogP contribution in [0.4, 0.5) is 0 Å². The van der Waals surface area contributed by atoms with Crippen molar-refractivity contribution in [1.82, 2.24) is 0 Å². The number of esters is 2. The Morgan fingerprint density at radius 1 is 0.676 bits per heavy atom. The molecule has 0 spiro atoms. The lowest BCUT2D eigenvalue weighted by atomic mass is 10.0. The Kier molecular flexibility index (Phi) is 24.2. The van der Waals surface area contributed by atoms with Gasteiger partial charge in [-0.25, -0.2) is 0 Å². The number of carbonyl (C=O) groups is 2. The van der Waals surface area contributed by atoms with Crippen molar-refractivity contribution in [3.8, 4) is 0 Å². The molecule has 0 aromatic carbocycles. The zero-order chi connectivity index (χ0) is 27.6. The van der Waals surface area contributed by atoms with Crippen LogP contribution in [0.15, 0.2) is 0 Å². The Labute approximate surface area is 225 Å². The molecule has 0 heterocycles. The minimum atomic E-state index is -4.10. The van der Waals surface area contributed by atoms with Gasteiger partial charge >= 0.3 is 11.9 Å². The predicted molar refractivity (Wildman–Crippen MR) is 144 cm³/mol. The summed E-state index contributed by atoms with van der Waals surface area (Å²) in [6.45, 7) is 3.57. The number of hydrogen-bond donors (Lipinski definition) is 1. The molecule has 0 bridgehead atoms. The highest BCUT2D eigenvalue weighted by Crippen LogP contribution is 2.13. The van der Waals surface area contributed by atoms with E-state index in [2.05, 4.69) is 6.92 Å². The van der Waals surface area contributed by atoms with Crippen LogP contribution in [-0.4, -0.2) is 63.4 Å². The van der Waals surface area contributed by atoms with Gasteiger partial charge in [-0.15, -0.1) is 0 Å². The molecule has 0 aliphatic heterocycles. The maximum atomic E-state index is 12.1. The first kappa shape index (κ1) is 35.8. The molecule has 0 fully saturated rings. The molecular weight excluding hydrogens is 500 g/mol. The molecule has 0 aliphatic carbocycles. The van der Waals surface area contributed by atoms with E-state index in [9.17, 15) is 18.0 Å². The van der Waals surface area contributed by atoms with Crippen molar-refractivity contribution in [2.75, 3.05) is 32.4 Å². The molecule has 0 radical (unpaired) electrons. The zero-order valence-electron chi connectivity index (χ0n) is 23.3. The molecule has 0 aromatic heterocycles. The molecule has 0 saturated heterocycles. The largest absolute Gasteiger partial charge is 0.462 e. The summed E-state index contributed by atoms with van der Waals surface area (Å²) in [5.41, 5.74) is 0. The van der Waals surface area contributed by atoms with E-state index in [-0.39, 0.29) is 39.0 Å². The molecule has 0 unspecified atom stereocenters. The second kappa shape index (κ2) is 25.1. The van der Waals surface area contributed by atoms with Crippen LogP contribution in [0.2, 0.25) is 0 Å². The van der Waals surface area contributed by atoms with Gasteiger partial charge in [-0.2, -0.15) is 8.42 Å².